The predicted molar refractivity (Wildman–Crippen MR) is 127 cm³/mol. The number of benzene rings is 1. The molecule has 1 aromatic carbocycles. The van der Waals surface area contributed by atoms with Crippen molar-refractivity contribution in [2.45, 2.75) is 63.7 Å². The van der Waals surface area contributed by atoms with Gasteiger partial charge in [0.05, 0.1) is 18.9 Å². The quantitative estimate of drug-likeness (QED) is 0.146. The smallest absolute Gasteiger partial charge is 0.326 e. The maximum atomic E-state index is 12.8. The lowest BCUT2D eigenvalue weighted by atomic mass is 10.0. The van der Waals surface area contributed by atoms with Gasteiger partial charge in [-0.15, -0.1) is 0 Å². The highest BCUT2D eigenvalue weighted by molar-refractivity contribution is 5.97. The van der Waals surface area contributed by atoms with Crippen molar-refractivity contribution < 1.29 is 39.0 Å². The summed E-state index contributed by atoms with van der Waals surface area (Å²) in [5, 5.41) is 25.2. The number of carboxylic acid groups (broad SMARTS) is 2. The minimum Gasteiger partial charge on any atom is -0.481 e. The Morgan fingerprint density at radius 1 is 0.806 bits per heavy atom. The molecule has 9 N–H and O–H groups in total. The zero-order valence-electron chi connectivity index (χ0n) is 20.1. The third-order valence-electron chi connectivity index (χ3n) is 5.01. The Hall–Kier alpha value is -4.00. The van der Waals surface area contributed by atoms with Crippen molar-refractivity contribution in [3.8, 4) is 0 Å². The van der Waals surface area contributed by atoms with Crippen LogP contribution in [0.5, 0.6) is 0 Å². The molecule has 0 heterocycles. The Kier molecular flexibility index (Phi) is 12.0. The van der Waals surface area contributed by atoms with Crippen molar-refractivity contribution in [1.82, 2.24) is 16.0 Å². The Morgan fingerprint density at radius 3 is 1.78 bits per heavy atom. The van der Waals surface area contributed by atoms with Crippen LogP contribution in [0.1, 0.15) is 38.7 Å². The monoisotopic (exact) mass is 507 g/mol. The minimum absolute atomic E-state index is 0.0640. The van der Waals surface area contributed by atoms with Crippen molar-refractivity contribution in [3.05, 3.63) is 35.9 Å². The van der Waals surface area contributed by atoms with Gasteiger partial charge in [0, 0.05) is 0 Å². The zero-order valence-corrected chi connectivity index (χ0v) is 20.1. The predicted octanol–water partition coefficient (Wildman–Crippen LogP) is -1.51. The number of nitrogens with two attached hydrogens (primary N) is 2. The molecule has 0 radical (unpaired) electrons. The first-order valence-electron chi connectivity index (χ1n) is 11.2. The van der Waals surface area contributed by atoms with E-state index in [1.165, 1.54) is 0 Å². The zero-order chi connectivity index (χ0) is 27.4. The van der Waals surface area contributed by atoms with Crippen LogP contribution in [0.4, 0.5) is 0 Å². The number of carbonyl (C=O) groups excluding carboxylic acids is 4. The third kappa shape index (κ3) is 11.0. The average Bonchev–Trinajstić information content (AvgIpc) is 2.77. The molecule has 0 aliphatic rings. The fourth-order valence-electron chi connectivity index (χ4n) is 3.27. The van der Waals surface area contributed by atoms with Gasteiger partial charge in [-0.1, -0.05) is 44.2 Å². The van der Waals surface area contributed by atoms with Gasteiger partial charge in [0.25, 0.3) is 0 Å². The summed E-state index contributed by atoms with van der Waals surface area (Å²) in [7, 11) is 0. The number of aliphatic carboxylic acids is 2. The topological polar surface area (TPSA) is 231 Å². The van der Waals surface area contributed by atoms with Gasteiger partial charge in [-0.3, -0.25) is 24.0 Å². The molecule has 0 saturated carbocycles. The summed E-state index contributed by atoms with van der Waals surface area (Å²) in [5.74, 6) is -6.73. The summed E-state index contributed by atoms with van der Waals surface area (Å²) in [6, 6.07) is 3.16. The summed E-state index contributed by atoms with van der Waals surface area (Å²) in [6.07, 6.45) is -1.33. The summed E-state index contributed by atoms with van der Waals surface area (Å²) >= 11 is 0. The van der Waals surface area contributed by atoms with Crippen LogP contribution in [0.15, 0.2) is 30.3 Å². The lowest BCUT2D eigenvalue weighted by Gasteiger charge is -2.24. The van der Waals surface area contributed by atoms with Gasteiger partial charge in [-0.05, 0) is 24.3 Å². The summed E-state index contributed by atoms with van der Waals surface area (Å²) < 4.78 is 0. The van der Waals surface area contributed by atoms with Crippen LogP contribution in [0.2, 0.25) is 0 Å². The molecular formula is C23H33N5O8. The molecular weight excluding hydrogens is 474 g/mol. The van der Waals surface area contributed by atoms with Gasteiger partial charge in [-0.2, -0.15) is 0 Å². The standard InChI is InChI=1S/C23H33N5O8/c1-12(2)8-17(23(35)36)28-22(34)16(11-19(30)31)27-21(33)15(10-18(25)29)26-20(32)14(24)9-13-6-4-3-5-7-13/h3-7,12,14-17H,8-11,24H2,1-2H3,(H2,25,29)(H,26,32)(H,27,33)(H,28,34)(H,30,31)(H,35,36). The lowest BCUT2D eigenvalue weighted by molar-refractivity contribution is -0.144. The van der Waals surface area contributed by atoms with E-state index in [2.05, 4.69) is 16.0 Å². The lowest BCUT2D eigenvalue weighted by Crippen LogP contribution is -2.58. The normalized spacial score (nSPS) is 14.1. The molecule has 0 bridgehead atoms. The maximum Gasteiger partial charge on any atom is 0.326 e. The molecule has 1 rings (SSSR count). The van der Waals surface area contributed by atoms with Crippen molar-refractivity contribution >= 4 is 35.6 Å². The second-order valence-electron chi connectivity index (χ2n) is 8.72. The number of primary amides is 1. The number of rotatable bonds is 15. The average molecular weight is 508 g/mol. The van der Waals surface area contributed by atoms with Gasteiger partial charge in [0.2, 0.25) is 23.6 Å². The van der Waals surface area contributed by atoms with Crippen molar-refractivity contribution in [2.24, 2.45) is 17.4 Å². The molecule has 0 spiro atoms. The van der Waals surface area contributed by atoms with Gasteiger partial charge in [0.15, 0.2) is 0 Å². The molecule has 0 aromatic heterocycles. The molecule has 36 heavy (non-hydrogen) atoms. The molecule has 0 aliphatic carbocycles. The van der Waals surface area contributed by atoms with E-state index >= 15 is 0 Å². The number of hydrogen-bond donors (Lipinski definition) is 7. The number of nitrogens with one attached hydrogen (secondary N) is 3. The number of carbonyl (C=O) groups is 6. The molecule has 198 valence electrons. The molecule has 4 unspecified atom stereocenters. The Balaban J connectivity index is 2.98. The van der Waals surface area contributed by atoms with Crippen molar-refractivity contribution in [1.29, 1.82) is 0 Å². The van der Waals surface area contributed by atoms with Crippen LogP contribution < -0.4 is 27.4 Å². The molecule has 4 amide bonds. The van der Waals surface area contributed by atoms with Gasteiger partial charge < -0.3 is 37.6 Å². The van der Waals surface area contributed by atoms with Crippen molar-refractivity contribution in [2.75, 3.05) is 0 Å². The summed E-state index contributed by atoms with van der Waals surface area (Å²) in [5.41, 5.74) is 11.8. The van der Waals surface area contributed by atoms with Crippen LogP contribution in [0, 0.1) is 5.92 Å². The maximum absolute atomic E-state index is 12.8. The highest BCUT2D eigenvalue weighted by Gasteiger charge is 2.32. The van der Waals surface area contributed by atoms with E-state index in [-0.39, 0.29) is 18.8 Å². The molecule has 0 saturated heterocycles. The van der Waals surface area contributed by atoms with E-state index < -0.39 is 72.6 Å². The van der Waals surface area contributed by atoms with E-state index in [1.54, 1.807) is 44.2 Å². The third-order valence-corrected chi connectivity index (χ3v) is 5.01. The number of hydrogen-bond acceptors (Lipinski definition) is 7. The molecule has 13 heteroatoms. The van der Waals surface area contributed by atoms with Crippen LogP contribution in [-0.2, 0) is 35.2 Å². The largest absolute Gasteiger partial charge is 0.481 e. The van der Waals surface area contributed by atoms with Crippen molar-refractivity contribution in [3.63, 3.8) is 0 Å². The second-order valence-corrected chi connectivity index (χ2v) is 8.72. The van der Waals surface area contributed by atoms with Crippen LogP contribution in [0.25, 0.3) is 0 Å². The second kappa shape index (κ2) is 14.4. The van der Waals surface area contributed by atoms with Crippen LogP contribution in [-0.4, -0.2) is 69.9 Å². The Labute approximate surface area is 208 Å². The van der Waals surface area contributed by atoms with Gasteiger partial charge in [-0.25, -0.2) is 4.79 Å². The molecule has 13 nitrogen and oxygen atoms in total. The first-order valence-corrected chi connectivity index (χ1v) is 11.2. The number of carboxylic acids is 2. The first-order chi connectivity index (χ1) is 16.8. The van der Waals surface area contributed by atoms with Crippen LogP contribution in [0.3, 0.4) is 0 Å². The van der Waals surface area contributed by atoms with E-state index in [1.807, 2.05) is 0 Å². The summed E-state index contributed by atoms with van der Waals surface area (Å²) in [6.45, 7) is 3.47. The van der Waals surface area contributed by atoms with E-state index in [9.17, 15) is 33.9 Å². The highest BCUT2D eigenvalue weighted by Crippen LogP contribution is 2.07. The SMILES string of the molecule is CC(C)CC(NC(=O)C(CC(=O)O)NC(=O)C(CC(N)=O)NC(=O)C(N)Cc1ccccc1)C(=O)O. The fraction of sp³-hybridized carbons (Fsp3) is 0.478. The van der Waals surface area contributed by atoms with Gasteiger partial charge in [0.1, 0.15) is 18.1 Å². The van der Waals surface area contributed by atoms with Gasteiger partial charge >= 0.3 is 11.9 Å². The highest BCUT2D eigenvalue weighted by atomic mass is 16.4. The number of amides is 4. The van der Waals surface area contributed by atoms with E-state index in [0.29, 0.717) is 0 Å². The summed E-state index contributed by atoms with van der Waals surface area (Å²) in [4.78, 5) is 72.2. The van der Waals surface area contributed by atoms with Crippen LogP contribution >= 0.6 is 0 Å². The Morgan fingerprint density at radius 2 is 1.31 bits per heavy atom. The molecule has 1 aromatic rings. The molecule has 4 atom stereocenters. The minimum atomic E-state index is -1.69. The Bertz CT molecular complexity index is 953. The first kappa shape index (κ1) is 30.0. The van der Waals surface area contributed by atoms with E-state index in [0.717, 1.165) is 5.56 Å². The van der Waals surface area contributed by atoms with E-state index in [4.69, 9.17) is 16.6 Å². The molecule has 0 aliphatic heterocycles. The molecule has 0 fully saturated rings. The fourth-order valence-corrected chi connectivity index (χ4v) is 3.27.